The standard InChI is InChI=1S/C13H17BrO2/c1-9-7-11(8-16-9)13(14)10-3-5-12(15-2)6-4-10/h3-6,9,11,13H,7-8H2,1-2H3. The Balaban J connectivity index is 2.05. The Bertz CT molecular complexity index is 336. The highest BCUT2D eigenvalue weighted by molar-refractivity contribution is 9.09. The molecule has 3 atom stereocenters. The summed E-state index contributed by atoms with van der Waals surface area (Å²) in [6.45, 7) is 2.98. The lowest BCUT2D eigenvalue weighted by Gasteiger charge is -2.16. The Morgan fingerprint density at radius 3 is 2.56 bits per heavy atom. The van der Waals surface area contributed by atoms with E-state index in [1.165, 1.54) is 5.56 Å². The van der Waals surface area contributed by atoms with E-state index in [1.807, 2.05) is 12.1 Å². The number of halogens is 1. The molecule has 0 aliphatic carbocycles. The van der Waals surface area contributed by atoms with Gasteiger partial charge in [0.05, 0.1) is 19.8 Å². The topological polar surface area (TPSA) is 18.5 Å². The Morgan fingerprint density at radius 1 is 1.38 bits per heavy atom. The molecule has 0 amide bonds. The number of benzene rings is 1. The van der Waals surface area contributed by atoms with Crippen LogP contribution in [0.25, 0.3) is 0 Å². The first-order valence-corrected chi connectivity index (χ1v) is 6.52. The third-order valence-corrected chi connectivity index (χ3v) is 4.35. The van der Waals surface area contributed by atoms with Gasteiger partial charge < -0.3 is 9.47 Å². The second-order valence-electron chi connectivity index (χ2n) is 4.31. The lowest BCUT2D eigenvalue weighted by molar-refractivity contribution is 0.120. The SMILES string of the molecule is COc1ccc(C(Br)C2COC(C)C2)cc1. The van der Waals surface area contributed by atoms with Gasteiger partial charge in [0, 0.05) is 10.7 Å². The second-order valence-corrected chi connectivity index (χ2v) is 5.30. The summed E-state index contributed by atoms with van der Waals surface area (Å²) in [5.74, 6) is 1.47. The van der Waals surface area contributed by atoms with E-state index < -0.39 is 0 Å². The van der Waals surface area contributed by atoms with Crippen LogP contribution in [0.5, 0.6) is 5.75 Å². The number of rotatable bonds is 3. The first-order valence-electron chi connectivity index (χ1n) is 5.60. The highest BCUT2D eigenvalue weighted by Gasteiger charge is 2.28. The molecule has 0 radical (unpaired) electrons. The van der Waals surface area contributed by atoms with Crippen molar-refractivity contribution in [1.29, 1.82) is 0 Å². The average Bonchev–Trinajstić information content (AvgIpc) is 2.75. The monoisotopic (exact) mass is 284 g/mol. The quantitative estimate of drug-likeness (QED) is 0.791. The molecule has 0 aromatic heterocycles. The number of hydrogen-bond acceptors (Lipinski definition) is 2. The van der Waals surface area contributed by atoms with Gasteiger partial charge in [-0.2, -0.15) is 0 Å². The van der Waals surface area contributed by atoms with E-state index in [0.717, 1.165) is 18.8 Å². The molecule has 2 nitrogen and oxygen atoms in total. The smallest absolute Gasteiger partial charge is 0.118 e. The van der Waals surface area contributed by atoms with Gasteiger partial charge in [0.2, 0.25) is 0 Å². The molecule has 1 aliphatic heterocycles. The van der Waals surface area contributed by atoms with Crippen molar-refractivity contribution >= 4 is 15.9 Å². The van der Waals surface area contributed by atoms with Gasteiger partial charge >= 0.3 is 0 Å². The van der Waals surface area contributed by atoms with Gasteiger partial charge in [0.15, 0.2) is 0 Å². The summed E-state index contributed by atoms with van der Waals surface area (Å²) in [6, 6.07) is 8.23. The molecule has 16 heavy (non-hydrogen) atoms. The Labute approximate surface area is 105 Å². The molecule has 1 heterocycles. The van der Waals surface area contributed by atoms with Crippen molar-refractivity contribution in [3.05, 3.63) is 29.8 Å². The van der Waals surface area contributed by atoms with E-state index >= 15 is 0 Å². The molecule has 1 aromatic rings. The molecule has 1 aliphatic rings. The van der Waals surface area contributed by atoms with E-state index in [0.29, 0.717) is 16.8 Å². The van der Waals surface area contributed by atoms with Gasteiger partial charge in [-0.05, 0) is 31.0 Å². The fraction of sp³-hybridized carbons (Fsp3) is 0.538. The summed E-state index contributed by atoms with van der Waals surface area (Å²) in [7, 11) is 1.69. The number of ether oxygens (including phenoxy) is 2. The minimum Gasteiger partial charge on any atom is -0.497 e. The highest BCUT2D eigenvalue weighted by Crippen LogP contribution is 2.38. The number of alkyl halides is 1. The van der Waals surface area contributed by atoms with Crippen LogP contribution in [0.3, 0.4) is 0 Å². The fourth-order valence-electron chi connectivity index (χ4n) is 2.11. The van der Waals surface area contributed by atoms with Crippen LogP contribution < -0.4 is 4.74 Å². The van der Waals surface area contributed by atoms with Crippen LogP contribution in [0.4, 0.5) is 0 Å². The van der Waals surface area contributed by atoms with Crippen LogP contribution in [-0.4, -0.2) is 19.8 Å². The van der Waals surface area contributed by atoms with Gasteiger partial charge in [-0.25, -0.2) is 0 Å². The molecular formula is C13H17BrO2. The van der Waals surface area contributed by atoms with Crippen molar-refractivity contribution in [2.24, 2.45) is 5.92 Å². The Kier molecular flexibility index (Phi) is 3.87. The lowest BCUT2D eigenvalue weighted by atomic mass is 9.97. The van der Waals surface area contributed by atoms with Crippen molar-refractivity contribution in [3.63, 3.8) is 0 Å². The Hall–Kier alpha value is -0.540. The third kappa shape index (κ3) is 2.58. The first-order chi connectivity index (χ1) is 7.70. The van der Waals surface area contributed by atoms with Crippen molar-refractivity contribution in [2.45, 2.75) is 24.3 Å². The van der Waals surface area contributed by atoms with Crippen molar-refractivity contribution in [2.75, 3.05) is 13.7 Å². The zero-order chi connectivity index (χ0) is 11.5. The molecule has 1 fully saturated rings. The van der Waals surface area contributed by atoms with Gasteiger partial charge in [0.25, 0.3) is 0 Å². The van der Waals surface area contributed by atoms with E-state index in [1.54, 1.807) is 7.11 Å². The van der Waals surface area contributed by atoms with E-state index in [4.69, 9.17) is 9.47 Å². The molecule has 1 aromatic carbocycles. The second kappa shape index (κ2) is 5.19. The maximum atomic E-state index is 5.60. The highest BCUT2D eigenvalue weighted by atomic mass is 79.9. The molecule has 88 valence electrons. The summed E-state index contributed by atoms with van der Waals surface area (Å²) in [4.78, 5) is 0.378. The van der Waals surface area contributed by atoms with E-state index in [-0.39, 0.29) is 0 Å². The number of methoxy groups -OCH3 is 1. The zero-order valence-electron chi connectivity index (χ0n) is 9.65. The average molecular weight is 285 g/mol. The molecule has 0 saturated carbocycles. The van der Waals surface area contributed by atoms with Gasteiger partial charge in [-0.1, -0.05) is 28.1 Å². The van der Waals surface area contributed by atoms with Gasteiger partial charge in [-0.3, -0.25) is 0 Å². The van der Waals surface area contributed by atoms with Crippen molar-refractivity contribution < 1.29 is 9.47 Å². The summed E-state index contributed by atoms with van der Waals surface area (Å²) < 4.78 is 10.7. The molecule has 2 rings (SSSR count). The van der Waals surface area contributed by atoms with E-state index in [9.17, 15) is 0 Å². The zero-order valence-corrected chi connectivity index (χ0v) is 11.2. The van der Waals surface area contributed by atoms with E-state index in [2.05, 4.69) is 35.0 Å². The predicted octanol–water partition coefficient (Wildman–Crippen LogP) is 3.56. The molecule has 0 bridgehead atoms. The fourth-order valence-corrected chi connectivity index (χ4v) is 2.79. The minimum atomic E-state index is 0.378. The van der Waals surface area contributed by atoms with Crippen LogP contribution in [0.2, 0.25) is 0 Å². The summed E-state index contributed by atoms with van der Waals surface area (Å²) in [6.07, 6.45) is 1.52. The maximum Gasteiger partial charge on any atom is 0.118 e. The normalized spacial score (nSPS) is 26.7. The molecule has 3 heteroatoms. The maximum absolute atomic E-state index is 5.60. The summed E-state index contributed by atoms with van der Waals surface area (Å²) >= 11 is 3.77. The van der Waals surface area contributed by atoms with Crippen LogP contribution in [0, 0.1) is 5.92 Å². The third-order valence-electron chi connectivity index (χ3n) is 3.08. The molecule has 3 unspecified atom stereocenters. The van der Waals surface area contributed by atoms with Crippen molar-refractivity contribution in [3.8, 4) is 5.75 Å². The van der Waals surface area contributed by atoms with Crippen LogP contribution in [-0.2, 0) is 4.74 Å². The van der Waals surface area contributed by atoms with Crippen LogP contribution in [0.15, 0.2) is 24.3 Å². The molecule has 1 saturated heterocycles. The molecule has 0 N–H and O–H groups in total. The predicted molar refractivity (Wildman–Crippen MR) is 68.2 cm³/mol. The minimum absolute atomic E-state index is 0.378. The molecular weight excluding hydrogens is 268 g/mol. The number of hydrogen-bond donors (Lipinski definition) is 0. The van der Waals surface area contributed by atoms with Crippen molar-refractivity contribution in [1.82, 2.24) is 0 Å². The first kappa shape index (κ1) is 11.9. The lowest BCUT2D eigenvalue weighted by Crippen LogP contribution is -2.07. The molecule has 0 spiro atoms. The summed E-state index contributed by atoms with van der Waals surface area (Å²) in [5.41, 5.74) is 1.29. The van der Waals surface area contributed by atoms with Crippen LogP contribution >= 0.6 is 15.9 Å². The van der Waals surface area contributed by atoms with Gasteiger partial charge in [0.1, 0.15) is 5.75 Å². The van der Waals surface area contributed by atoms with Gasteiger partial charge in [-0.15, -0.1) is 0 Å². The van der Waals surface area contributed by atoms with Crippen LogP contribution in [0.1, 0.15) is 23.7 Å². The Morgan fingerprint density at radius 2 is 2.06 bits per heavy atom. The summed E-state index contributed by atoms with van der Waals surface area (Å²) in [5, 5.41) is 0. The largest absolute Gasteiger partial charge is 0.497 e.